The van der Waals surface area contributed by atoms with Crippen molar-refractivity contribution in [1.82, 2.24) is 5.43 Å². The number of methoxy groups -OCH3 is 1. The van der Waals surface area contributed by atoms with Crippen molar-refractivity contribution in [2.24, 2.45) is 5.84 Å². The van der Waals surface area contributed by atoms with Crippen molar-refractivity contribution in [3.8, 4) is 5.75 Å². The Bertz CT molecular complexity index is 449. The second-order valence-corrected chi connectivity index (χ2v) is 3.55. The third kappa shape index (κ3) is 2.11. The summed E-state index contributed by atoms with van der Waals surface area (Å²) in [6.45, 7) is 0. The first-order chi connectivity index (χ1) is 7.56. The van der Waals surface area contributed by atoms with Gasteiger partial charge in [0.2, 0.25) is 0 Å². The lowest BCUT2D eigenvalue weighted by molar-refractivity contribution is 0.0948. The minimum atomic E-state index is -0.693. The number of hydrazine groups is 1. The zero-order chi connectivity index (χ0) is 12.3. The first-order valence-electron chi connectivity index (χ1n) is 4.08. The van der Waals surface area contributed by atoms with Crippen LogP contribution in [0, 0.1) is 0 Å². The molecule has 0 aliphatic heterocycles. The van der Waals surface area contributed by atoms with Gasteiger partial charge in [-0.3, -0.25) is 15.0 Å². The number of aldehydes is 1. The van der Waals surface area contributed by atoms with Crippen LogP contribution in [0.15, 0.2) is 6.07 Å². The summed E-state index contributed by atoms with van der Waals surface area (Å²) in [5.74, 6) is 4.40. The van der Waals surface area contributed by atoms with Crippen LogP contribution >= 0.6 is 23.2 Å². The molecule has 0 bridgehead atoms. The molecule has 0 aliphatic rings. The van der Waals surface area contributed by atoms with Crippen LogP contribution in [0.25, 0.3) is 0 Å². The second-order valence-electron chi connectivity index (χ2n) is 2.76. The van der Waals surface area contributed by atoms with Crippen molar-refractivity contribution in [2.45, 2.75) is 0 Å². The molecule has 3 N–H and O–H groups in total. The predicted octanol–water partition coefficient (Wildman–Crippen LogP) is 1.42. The summed E-state index contributed by atoms with van der Waals surface area (Å²) in [5.41, 5.74) is 1.86. The molecule has 0 radical (unpaired) electrons. The van der Waals surface area contributed by atoms with E-state index in [1.54, 1.807) is 0 Å². The Kier molecular flexibility index (Phi) is 4.12. The summed E-state index contributed by atoms with van der Waals surface area (Å²) in [6.07, 6.45) is 0.460. The third-order valence-electron chi connectivity index (χ3n) is 1.90. The summed E-state index contributed by atoms with van der Waals surface area (Å²) in [7, 11) is 1.35. The van der Waals surface area contributed by atoms with E-state index in [2.05, 4.69) is 0 Å². The Hall–Kier alpha value is -1.30. The van der Waals surface area contributed by atoms with Crippen molar-refractivity contribution >= 4 is 35.4 Å². The van der Waals surface area contributed by atoms with Gasteiger partial charge in [-0.15, -0.1) is 0 Å². The first-order valence-corrected chi connectivity index (χ1v) is 4.84. The fourth-order valence-corrected chi connectivity index (χ4v) is 1.91. The van der Waals surface area contributed by atoms with E-state index < -0.39 is 5.91 Å². The van der Waals surface area contributed by atoms with Gasteiger partial charge in [-0.25, -0.2) is 5.84 Å². The molecule has 0 aliphatic carbocycles. The van der Waals surface area contributed by atoms with Crippen LogP contribution in [0.4, 0.5) is 0 Å². The van der Waals surface area contributed by atoms with Crippen LogP contribution in [0.1, 0.15) is 20.7 Å². The number of ether oxygens (including phenoxy) is 1. The number of nitrogens with one attached hydrogen (secondary N) is 1. The van der Waals surface area contributed by atoms with Gasteiger partial charge in [-0.05, 0) is 6.07 Å². The number of amides is 1. The topological polar surface area (TPSA) is 81.4 Å². The third-order valence-corrected chi connectivity index (χ3v) is 2.54. The van der Waals surface area contributed by atoms with E-state index in [-0.39, 0.29) is 26.9 Å². The zero-order valence-corrected chi connectivity index (χ0v) is 9.72. The predicted molar refractivity (Wildman–Crippen MR) is 60.1 cm³/mol. The van der Waals surface area contributed by atoms with Crippen molar-refractivity contribution in [3.63, 3.8) is 0 Å². The number of carbonyl (C=O) groups is 2. The molecule has 1 amide bonds. The van der Waals surface area contributed by atoms with E-state index in [0.717, 1.165) is 0 Å². The van der Waals surface area contributed by atoms with Gasteiger partial charge >= 0.3 is 0 Å². The molecule has 0 saturated carbocycles. The van der Waals surface area contributed by atoms with E-state index >= 15 is 0 Å². The maximum absolute atomic E-state index is 11.4. The molecule has 0 spiro atoms. The van der Waals surface area contributed by atoms with Crippen LogP contribution in [0.3, 0.4) is 0 Å². The van der Waals surface area contributed by atoms with Crippen LogP contribution in [0.2, 0.25) is 10.0 Å². The molecule has 0 fully saturated rings. The number of nitrogen functional groups attached to an aromatic ring is 1. The van der Waals surface area contributed by atoms with Crippen molar-refractivity contribution in [1.29, 1.82) is 0 Å². The summed E-state index contributed by atoms with van der Waals surface area (Å²) in [6, 6.07) is 1.28. The van der Waals surface area contributed by atoms with Crippen LogP contribution in [-0.2, 0) is 0 Å². The lowest BCUT2D eigenvalue weighted by Gasteiger charge is -2.11. The van der Waals surface area contributed by atoms with Gasteiger partial charge in [0.15, 0.2) is 12.0 Å². The number of hydrogen-bond acceptors (Lipinski definition) is 4. The largest absolute Gasteiger partial charge is 0.494 e. The van der Waals surface area contributed by atoms with Crippen LogP contribution < -0.4 is 16.0 Å². The number of carbonyl (C=O) groups excluding carboxylic acids is 2. The highest BCUT2D eigenvalue weighted by atomic mass is 35.5. The Labute approximate surface area is 101 Å². The van der Waals surface area contributed by atoms with Gasteiger partial charge in [0, 0.05) is 5.56 Å². The lowest BCUT2D eigenvalue weighted by atomic mass is 10.1. The summed E-state index contributed by atoms with van der Waals surface area (Å²) in [4.78, 5) is 22.2. The number of hydrogen-bond donors (Lipinski definition) is 2. The molecular weight excluding hydrogens is 255 g/mol. The average molecular weight is 263 g/mol. The van der Waals surface area contributed by atoms with E-state index in [0.29, 0.717) is 6.29 Å². The molecule has 86 valence electrons. The van der Waals surface area contributed by atoms with Gasteiger partial charge in [-0.2, -0.15) is 0 Å². The van der Waals surface area contributed by atoms with E-state index in [4.69, 9.17) is 33.8 Å². The van der Waals surface area contributed by atoms with Crippen molar-refractivity contribution in [2.75, 3.05) is 7.11 Å². The Morgan fingerprint density at radius 3 is 2.62 bits per heavy atom. The highest BCUT2D eigenvalue weighted by Crippen LogP contribution is 2.37. The van der Waals surface area contributed by atoms with Gasteiger partial charge in [0.25, 0.3) is 5.91 Å². The molecule has 7 heteroatoms. The summed E-state index contributed by atoms with van der Waals surface area (Å²) >= 11 is 11.7. The lowest BCUT2D eigenvalue weighted by Crippen LogP contribution is -2.31. The monoisotopic (exact) mass is 262 g/mol. The minimum absolute atomic E-state index is 0.0405. The normalized spacial score (nSPS) is 9.75. The minimum Gasteiger partial charge on any atom is -0.494 e. The smallest absolute Gasteiger partial charge is 0.267 e. The molecule has 5 nitrogen and oxygen atoms in total. The first kappa shape index (κ1) is 12.8. The number of nitrogens with two attached hydrogens (primary N) is 1. The SMILES string of the molecule is COc1c(Cl)cc(C=O)c(C(=O)NN)c1Cl. The Morgan fingerprint density at radius 2 is 2.19 bits per heavy atom. The summed E-state index contributed by atoms with van der Waals surface area (Å²) < 4.78 is 4.91. The molecule has 0 saturated heterocycles. The molecule has 0 heterocycles. The maximum atomic E-state index is 11.4. The van der Waals surface area contributed by atoms with E-state index in [1.165, 1.54) is 13.2 Å². The zero-order valence-electron chi connectivity index (χ0n) is 8.21. The van der Waals surface area contributed by atoms with E-state index in [9.17, 15) is 9.59 Å². The fourth-order valence-electron chi connectivity index (χ4n) is 1.20. The maximum Gasteiger partial charge on any atom is 0.267 e. The van der Waals surface area contributed by atoms with Crippen LogP contribution in [-0.4, -0.2) is 19.3 Å². The Balaban J connectivity index is 3.55. The van der Waals surface area contributed by atoms with Gasteiger partial charge in [0.05, 0.1) is 22.7 Å². The molecule has 0 aromatic heterocycles. The standard InChI is InChI=1S/C9H8Cl2N2O3/c1-16-8-5(10)2-4(3-14)6(7(8)11)9(15)13-12/h2-3H,12H2,1H3,(H,13,15). The van der Waals surface area contributed by atoms with Crippen molar-refractivity contribution in [3.05, 3.63) is 27.2 Å². The van der Waals surface area contributed by atoms with E-state index in [1.807, 2.05) is 5.43 Å². The molecule has 1 aromatic carbocycles. The second kappa shape index (κ2) is 5.16. The number of halogens is 2. The highest BCUT2D eigenvalue weighted by molar-refractivity contribution is 6.40. The molecular formula is C9H8Cl2N2O3. The molecule has 0 atom stereocenters. The molecule has 1 rings (SSSR count). The average Bonchev–Trinajstić information content (AvgIpc) is 2.27. The number of rotatable bonds is 3. The molecule has 0 unspecified atom stereocenters. The van der Waals surface area contributed by atoms with Gasteiger partial charge < -0.3 is 4.74 Å². The molecule has 1 aromatic rings. The van der Waals surface area contributed by atoms with Gasteiger partial charge in [0.1, 0.15) is 0 Å². The number of benzene rings is 1. The van der Waals surface area contributed by atoms with Crippen LogP contribution in [0.5, 0.6) is 5.75 Å². The Morgan fingerprint density at radius 1 is 1.56 bits per heavy atom. The summed E-state index contributed by atoms with van der Waals surface area (Å²) in [5, 5.41) is 0.0863. The van der Waals surface area contributed by atoms with Gasteiger partial charge in [-0.1, -0.05) is 23.2 Å². The highest BCUT2D eigenvalue weighted by Gasteiger charge is 2.21. The molecule has 16 heavy (non-hydrogen) atoms. The quantitative estimate of drug-likeness (QED) is 0.374. The fraction of sp³-hybridized carbons (Fsp3) is 0.111. The van der Waals surface area contributed by atoms with Crippen molar-refractivity contribution < 1.29 is 14.3 Å².